The third-order valence-corrected chi connectivity index (χ3v) is 5.55. The molecule has 0 aromatic heterocycles. The van der Waals surface area contributed by atoms with Crippen molar-refractivity contribution in [2.45, 2.75) is 66.2 Å². The van der Waals surface area contributed by atoms with Gasteiger partial charge in [-0.2, -0.15) is 0 Å². The van der Waals surface area contributed by atoms with Crippen molar-refractivity contribution < 1.29 is 9.59 Å². The lowest BCUT2D eigenvalue weighted by molar-refractivity contribution is -0.155. The number of amides is 2. The van der Waals surface area contributed by atoms with E-state index in [2.05, 4.69) is 33.0 Å². The van der Waals surface area contributed by atoms with Crippen molar-refractivity contribution >= 4 is 11.8 Å². The molecule has 2 amide bonds. The van der Waals surface area contributed by atoms with E-state index in [1.54, 1.807) is 0 Å². The zero-order chi connectivity index (χ0) is 16.4. The van der Waals surface area contributed by atoms with E-state index in [9.17, 15) is 9.59 Å². The molecule has 2 fully saturated rings. The average Bonchev–Trinajstić information content (AvgIpc) is 2.53. The van der Waals surface area contributed by atoms with Crippen molar-refractivity contribution in [1.29, 1.82) is 0 Å². The fraction of sp³-hybridized carbons (Fsp3) is 0.889. The molecular formula is C18H32N2O2. The van der Waals surface area contributed by atoms with Gasteiger partial charge < -0.3 is 10.2 Å². The normalized spacial score (nSPS) is 29.2. The second-order valence-electron chi connectivity index (χ2n) is 8.14. The van der Waals surface area contributed by atoms with Crippen LogP contribution in [0.15, 0.2) is 0 Å². The van der Waals surface area contributed by atoms with E-state index in [1.165, 1.54) is 0 Å². The summed E-state index contributed by atoms with van der Waals surface area (Å²) >= 11 is 0. The third kappa shape index (κ3) is 3.31. The van der Waals surface area contributed by atoms with Crippen molar-refractivity contribution in [3.05, 3.63) is 0 Å². The minimum atomic E-state index is -0.805. The van der Waals surface area contributed by atoms with Crippen LogP contribution in [0.3, 0.4) is 0 Å². The van der Waals surface area contributed by atoms with E-state index in [1.807, 2.05) is 4.90 Å². The van der Waals surface area contributed by atoms with E-state index in [-0.39, 0.29) is 17.2 Å². The molecule has 0 radical (unpaired) electrons. The lowest BCUT2D eigenvalue weighted by atomic mass is 9.66. The van der Waals surface area contributed by atoms with Gasteiger partial charge in [0.1, 0.15) is 5.41 Å². The number of rotatable bonds is 4. The Balaban J connectivity index is 2.25. The first-order chi connectivity index (χ1) is 10.3. The smallest absolute Gasteiger partial charge is 0.238 e. The van der Waals surface area contributed by atoms with E-state index >= 15 is 0 Å². The van der Waals surface area contributed by atoms with Gasteiger partial charge in [-0.1, -0.05) is 34.1 Å². The number of unbranched alkanes of at least 4 members (excludes halogenated alkanes) is 1. The van der Waals surface area contributed by atoms with E-state index < -0.39 is 5.41 Å². The van der Waals surface area contributed by atoms with Gasteiger partial charge in [-0.15, -0.1) is 0 Å². The van der Waals surface area contributed by atoms with Gasteiger partial charge in [0.15, 0.2) is 0 Å². The maximum absolute atomic E-state index is 13.0. The predicted octanol–water partition coefficient (Wildman–Crippen LogP) is 2.97. The first-order valence-corrected chi connectivity index (χ1v) is 8.89. The monoisotopic (exact) mass is 308 g/mol. The fourth-order valence-corrected chi connectivity index (χ4v) is 3.91. The molecule has 2 saturated heterocycles. The maximum atomic E-state index is 13.0. The maximum Gasteiger partial charge on any atom is 0.238 e. The van der Waals surface area contributed by atoms with Crippen LogP contribution in [0, 0.1) is 16.7 Å². The van der Waals surface area contributed by atoms with Crippen molar-refractivity contribution in [2.24, 2.45) is 16.7 Å². The van der Waals surface area contributed by atoms with Gasteiger partial charge in [0.25, 0.3) is 0 Å². The van der Waals surface area contributed by atoms with E-state index in [4.69, 9.17) is 0 Å². The molecule has 4 nitrogen and oxygen atoms in total. The second kappa shape index (κ2) is 6.59. The number of nitrogens with zero attached hydrogens (tertiary/aromatic N) is 1. The highest BCUT2D eigenvalue weighted by Gasteiger charge is 2.53. The van der Waals surface area contributed by atoms with Crippen molar-refractivity contribution in [1.82, 2.24) is 10.2 Å². The summed E-state index contributed by atoms with van der Waals surface area (Å²) in [5, 5.41) is 3.04. The third-order valence-electron chi connectivity index (χ3n) is 5.55. The topological polar surface area (TPSA) is 49.4 Å². The Morgan fingerprint density at radius 1 is 1.36 bits per heavy atom. The Morgan fingerprint density at radius 2 is 2.09 bits per heavy atom. The lowest BCUT2D eigenvalue weighted by Crippen LogP contribution is -2.55. The average molecular weight is 308 g/mol. The highest BCUT2D eigenvalue weighted by atomic mass is 16.2. The Morgan fingerprint density at radius 3 is 2.73 bits per heavy atom. The van der Waals surface area contributed by atoms with Gasteiger partial charge in [0.2, 0.25) is 11.8 Å². The summed E-state index contributed by atoms with van der Waals surface area (Å²) in [5.74, 6) is 0.475. The van der Waals surface area contributed by atoms with Crippen LogP contribution in [0.4, 0.5) is 0 Å². The van der Waals surface area contributed by atoms with Crippen molar-refractivity contribution in [3.63, 3.8) is 0 Å². The number of piperidine rings is 1. The molecule has 0 aliphatic carbocycles. The summed E-state index contributed by atoms with van der Waals surface area (Å²) in [4.78, 5) is 27.8. The number of hydrogen-bond acceptors (Lipinski definition) is 2. The molecule has 0 spiro atoms. The number of hydrogen-bond donors (Lipinski definition) is 1. The quantitative estimate of drug-likeness (QED) is 0.641. The lowest BCUT2D eigenvalue weighted by Gasteiger charge is -2.40. The second-order valence-corrected chi connectivity index (χ2v) is 8.14. The first kappa shape index (κ1) is 17.3. The molecule has 0 aromatic carbocycles. The number of carbonyl (C=O) groups excluding carboxylic acids is 2. The SMILES string of the molecule is CCCCNC(=O)[C@@]12CCCN(CC[C@H](C(C)(C)C)C1)C2=O. The van der Waals surface area contributed by atoms with Crippen LogP contribution >= 0.6 is 0 Å². The van der Waals surface area contributed by atoms with Crippen LogP contribution in [0.1, 0.15) is 66.2 Å². The van der Waals surface area contributed by atoms with Gasteiger partial charge in [-0.05, 0) is 43.4 Å². The Kier molecular flexibility index (Phi) is 5.18. The van der Waals surface area contributed by atoms with Crippen LogP contribution in [0.5, 0.6) is 0 Å². The van der Waals surface area contributed by atoms with Crippen LogP contribution in [-0.2, 0) is 9.59 Å². The molecule has 2 atom stereocenters. The number of carbonyl (C=O) groups is 2. The molecule has 22 heavy (non-hydrogen) atoms. The molecule has 4 heteroatoms. The molecule has 2 rings (SSSR count). The molecule has 0 aromatic rings. The van der Waals surface area contributed by atoms with Crippen molar-refractivity contribution in [2.75, 3.05) is 19.6 Å². The molecule has 2 heterocycles. The molecule has 0 saturated carbocycles. The van der Waals surface area contributed by atoms with E-state index in [0.29, 0.717) is 25.3 Å². The molecule has 2 aliphatic heterocycles. The van der Waals surface area contributed by atoms with Gasteiger partial charge in [0.05, 0.1) is 0 Å². The molecule has 2 aliphatic rings. The predicted molar refractivity (Wildman–Crippen MR) is 88.3 cm³/mol. The summed E-state index contributed by atoms with van der Waals surface area (Å²) in [6.07, 6.45) is 5.42. The summed E-state index contributed by atoms with van der Waals surface area (Å²) in [5.41, 5.74) is -0.671. The van der Waals surface area contributed by atoms with Crippen LogP contribution in [0.2, 0.25) is 0 Å². The summed E-state index contributed by atoms with van der Waals surface area (Å²) in [7, 11) is 0. The minimum absolute atomic E-state index is 0.0215. The zero-order valence-corrected chi connectivity index (χ0v) is 14.7. The highest BCUT2D eigenvalue weighted by Crippen LogP contribution is 2.46. The van der Waals surface area contributed by atoms with E-state index in [0.717, 1.165) is 38.8 Å². The van der Waals surface area contributed by atoms with Crippen LogP contribution in [0.25, 0.3) is 0 Å². The number of nitrogens with one attached hydrogen (secondary N) is 1. The largest absolute Gasteiger partial charge is 0.355 e. The van der Waals surface area contributed by atoms with Crippen molar-refractivity contribution in [3.8, 4) is 0 Å². The first-order valence-electron chi connectivity index (χ1n) is 8.89. The standard InChI is InChI=1S/C18H32N2O2/c1-5-6-10-19-15(21)18-9-7-11-20(16(18)22)12-8-14(13-18)17(2,3)4/h14H,5-13H2,1-4H3,(H,19,21)/t14-,18+/m0/s1. The van der Waals surface area contributed by atoms with Gasteiger partial charge >= 0.3 is 0 Å². The number of fused-ring (bicyclic) bond motifs is 2. The Labute approximate surface area is 135 Å². The van der Waals surface area contributed by atoms with Gasteiger partial charge in [-0.3, -0.25) is 9.59 Å². The fourth-order valence-electron chi connectivity index (χ4n) is 3.91. The van der Waals surface area contributed by atoms with Crippen LogP contribution < -0.4 is 5.32 Å². The summed E-state index contributed by atoms with van der Waals surface area (Å²) < 4.78 is 0. The van der Waals surface area contributed by atoms with Crippen LogP contribution in [-0.4, -0.2) is 36.3 Å². The molecule has 0 unspecified atom stereocenters. The molecular weight excluding hydrogens is 276 g/mol. The summed E-state index contributed by atoms with van der Waals surface area (Å²) in [6, 6.07) is 0. The Hall–Kier alpha value is -1.06. The molecule has 2 bridgehead atoms. The molecule has 126 valence electrons. The Bertz CT molecular complexity index is 427. The van der Waals surface area contributed by atoms with Gasteiger partial charge in [0, 0.05) is 19.6 Å². The summed E-state index contributed by atoms with van der Waals surface area (Å²) in [6.45, 7) is 11.1. The zero-order valence-electron chi connectivity index (χ0n) is 14.7. The highest BCUT2D eigenvalue weighted by molar-refractivity contribution is 6.05. The molecule has 1 N–H and O–H groups in total. The minimum Gasteiger partial charge on any atom is -0.355 e. The van der Waals surface area contributed by atoms with Gasteiger partial charge in [-0.25, -0.2) is 0 Å².